The van der Waals surface area contributed by atoms with E-state index in [1.54, 1.807) is 13.8 Å². The van der Waals surface area contributed by atoms with E-state index in [0.29, 0.717) is 32.1 Å². The highest BCUT2D eigenvalue weighted by Crippen LogP contribution is 2.40. The van der Waals surface area contributed by atoms with Crippen molar-refractivity contribution in [1.29, 1.82) is 0 Å². The lowest BCUT2D eigenvalue weighted by Crippen LogP contribution is -2.48. The van der Waals surface area contributed by atoms with Gasteiger partial charge in [-0.05, 0) is 62.7 Å². The van der Waals surface area contributed by atoms with Gasteiger partial charge in [-0.3, -0.25) is 28.8 Å². The zero-order chi connectivity index (χ0) is 41.9. The second-order valence-electron chi connectivity index (χ2n) is 16.1. The summed E-state index contributed by atoms with van der Waals surface area (Å²) in [6, 6.07) is 0. The first-order valence-corrected chi connectivity index (χ1v) is 21.3. The standard InChI is InChI=1S/C43H72O13/c1-9-30(44)18-32(46)17-29-24-52-40(27(8)38(29)22-34(48)19-31(45)10-2)25-53-43-39(23-35(49)21-37(12-4)56-42(51)14-6)28(15-26(7)54-43)16-33(47)20-36(11-3)55-41(50)13-5/h26-31,36-40,43-45H,9-25H2,1-8H3. The van der Waals surface area contributed by atoms with Crippen molar-refractivity contribution >= 4 is 35.1 Å². The number of aliphatic hydroxyl groups excluding tert-OH is 2. The molecular formula is C43H72O13. The van der Waals surface area contributed by atoms with Gasteiger partial charge in [-0.2, -0.15) is 0 Å². The molecule has 0 aliphatic carbocycles. The molecule has 0 aromatic carbocycles. The van der Waals surface area contributed by atoms with E-state index in [9.17, 15) is 39.0 Å². The summed E-state index contributed by atoms with van der Waals surface area (Å²) < 4.78 is 30.1. The van der Waals surface area contributed by atoms with Crippen LogP contribution in [0.5, 0.6) is 0 Å². The first-order chi connectivity index (χ1) is 26.6. The number of rotatable bonds is 27. The van der Waals surface area contributed by atoms with Crippen LogP contribution in [0.25, 0.3) is 0 Å². The van der Waals surface area contributed by atoms with Gasteiger partial charge in [0, 0.05) is 70.1 Å². The van der Waals surface area contributed by atoms with Gasteiger partial charge in [-0.1, -0.05) is 48.5 Å². The molecule has 2 saturated heterocycles. The average molecular weight is 797 g/mol. The third-order valence-electron chi connectivity index (χ3n) is 11.5. The van der Waals surface area contributed by atoms with Crippen LogP contribution in [0.1, 0.15) is 152 Å². The summed E-state index contributed by atoms with van der Waals surface area (Å²) in [4.78, 5) is 77.2. The summed E-state index contributed by atoms with van der Waals surface area (Å²) in [5, 5.41) is 20.3. The Kier molecular flexibility index (Phi) is 22.8. The second-order valence-corrected chi connectivity index (χ2v) is 16.1. The number of esters is 2. The number of carbonyl (C=O) groups is 6. The lowest BCUT2D eigenvalue weighted by molar-refractivity contribution is -0.250. The third-order valence-corrected chi connectivity index (χ3v) is 11.5. The zero-order valence-electron chi connectivity index (χ0n) is 35.3. The Morgan fingerprint density at radius 3 is 1.59 bits per heavy atom. The third kappa shape index (κ3) is 17.1. The fraction of sp³-hybridized carbons (Fsp3) is 0.860. The fourth-order valence-corrected chi connectivity index (χ4v) is 7.89. The minimum Gasteiger partial charge on any atom is -0.462 e. The van der Waals surface area contributed by atoms with Crippen LogP contribution in [0.15, 0.2) is 0 Å². The molecule has 2 aliphatic rings. The highest BCUT2D eigenvalue weighted by Gasteiger charge is 2.43. The molecule has 2 heterocycles. The van der Waals surface area contributed by atoms with Crippen molar-refractivity contribution in [2.45, 2.75) is 195 Å². The minimum atomic E-state index is -0.871. The Labute approximate surface area is 334 Å². The molecule has 2 fully saturated rings. The van der Waals surface area contributed by atoms with Gasteiger partial charge in [-0.15, -0.1) is 0 Å². The summed E-state index contributed by atoms with van der Waals surface area (Å²) >= 11 is 0. The lowest BCUT2D eigenvalue weighted by atomic mass is 9.72. The Morgan fingerprint density at radius 1 is 0.625 bits per heavy atom. The molecule has 0 aromatic heterocycles. The fourth-order valence-electron chi connectivity index (χ4n) is 7.89. The van der Waals surface area contributed by atoms with E-state index in [1.165, 1.54) is 0 Å². The quantitative estimate of drug-likeness (QED) is 0.0917. The molecule has 322 valence electrons. The number of ketones is 4. The summed E-state index contributed by atoms with van der Waals surface area (Å²) in [6.45, 7) is 14.9. The van der Waals surface area contributed by atoms with Crippen LogP contribution >= 0.6 is 0 Å². The zero-order valence-corrected chi connectivity index (χ0v) is 35.3. The minimum absolute atomic E-state index is 0.0210. The van der Waals surface area contributed by atoms with Crippen LogP contribution in [0, 0.1) is 29.6 Å². The van der Waals surface area contributed by atoms with E-state index in [1.807, 2.05) is 41.5 Å². The number of hydrogen-bond acceptors (Lipinski definition) is 13. The van der Waals surface area contributed by atoms with Crippen LogP contribution in [0.4, 0.5) is 0 Å². The number of aliphatic hydroxyl groups is 2. The Hall–Kier alpha value is -2.58. The van der Waals surface area contributed by atoms with Crippen molar-refractivity contribution < 1.29 is 62.7 Å². The number of carbonyl (C=O) groups excluding carboxylic acids is 6. The molecule has 56 heavy (non-hydrogen) atoms. The summed E-state index contributed by atoms with van der Waals surface area (Å²) in [5.74, 6) is -2.69. The Morgan fingerprint density at radius 2 is 1.09 bits per heavy atom. The van der Waals surface area contributed by atoms with Crippen molar-refractivity contribution in [2.75, 3.05) is 13.2 Å². The molecule has 0 spiro atoms. The van der Waals surface area contributed by atoms with Crippen molar-refractivity contribution in [3.8, 4) is 0 Å². The van der Waals surface area contributed by atoms with Gasteiger partial charge in [0.05, 0.1) is 37.6 Å². The first-order valence-electron chi connectivity index (χ1n) is 21.3. The molecule has 2 rings (SSSR count). The highest BCUT2D eigenvalue weighted by molar-refractivity contribution is 5.82. The summed E-state index contributed by atoms with van der Waals surface area (Å²) in [7, 11) is 0. The molecule has 0 saturated carbocycles. The number of ether oxygens (including phenoxy) is 5. The molecule has 2 N–H and O–H groups in total. The van der Waals surface area contributed by atoms with Gasteiger partial charge in [0.15, 0.2) is 6.29 Å². The maximum atomic E-state index is 13.6. The SMILES string of the molecule is CCC(=O)OC(CC)CC(=O)CC1CC(C)OC(OCC2OCC(CC(=O)CC(O)CC)C(CC(=O)CC(O)CC)C2C)C1CC(=O)CC(CC)OC(=O)CC. The molecule has 13 heteroatoms. The molecule has 0 bridgehead atoms. The van der Waals surface area contributed by atoms with Crippen molar-refractivity contribution in [3.05, 3.63) is 0 Å². The van der Waals surface area contributed by atoms with E-state index in [4.69, 9.17) is 23.7 Å². The number of hydrogen-bond donors (Lipinski definition) is 2. The van der Waals surface area contributed by atoms with E-state index >= 15 is 0 Å². The second kappa shape index (κ2) is 25.7. The van der Waals surface area contributed by atoms with Gasteiger partial charge < -0.3 is 33.9 Å². The first kappa shape index (κ1) is 49.6. The van der Waals surface area contributed by atoms with Crippen molar-refractivity contribution in [1.82, 2.24) is 0 Å². The predicted molar refractivity (Wildman–Crippen MR) is 208 cm³/mol. The normalized spacial score (nSPS) is 27.4. The molecule has 0 amide bonds. The highest BCUT2D eigenvalue weighted by atomic mass is 16.7. The van der Waals surface area contributed by atoms with Crippen molar-refractivity contribution in [3.63, 3.8) is 0 Å². The van der Waals surface area contributed by atoms with E-state index in [-0.39, 0.29) is 142 Å². The van der Waals surface area contributed by atoms with Gasteiger partial charge in [0.2, 0.25) is 0 Å². The monoisotopic (exact) mass is 796 g/mol. The Bertz CT molecular complexity index is 1250. The topological polar surface area (TPSA) is 189 Å². The van der Waals surface area contributed by atoms with Crippen LogP contribution < -0.4 is 0 Å². The van der Waals surface area contributed by atoms with Crippen LogP contribution in [-0.2, 0) is 52.5 Å². The van der Waals surface area contributed by atoms with E-state index in [0.717, 1.165) is 0 Å². The molecule has 13 nitrogen and oxygen atoms in total. The van der Waals surface area contributed by atoms with E-state index in [2.05, 4.69) is 0 Å². The summed E-state index contributed by atoms with van der Waals surface area (Å²) in [5.41, 5.74) is 0. The molecule has 0 aromatic rings. The molecular weight excluding hydrogens is 724 g/mol. The maximum Gasteiger partial charge on any atom is 0.305 e. The molecule has 2 aliphatic heterocycles. The average Bonchev–Trinajstić information content (AvgIpc) is 3.15. The maximum absolute atomic E-state index is 13.6. The summed E-state index contributed by atoms with van der Waals surface area (Å²) in [6.07, 6.45) is -0.811. The lowest BCUT2D eigenvalue weighted by Gasteiger charge is -2.44. The molecule has 12 unspecified atom stereocenters. The van der Waals surface area contributed by atoms with Crippen LogP contribution in [-0.4, -0.2) is 101 Å². The van der Waals surface area contributed by atoms with E-state index < -0.39 is 42.7 Å². The Balaban J connectivity index is 2.32. The van der Waals surface area contributed by atoms with Crippen LogP contribution in [0.3, 0.4) is 0 Å². The number of Topliss-reactive ketones (excluding diaryl/α,β-unsaturated/α-hetero) is 4. The molecule has 0 radical (unpaired) electrons. The van der Waals surface area contributed by atoms with Gasteiger partial charge in [0.25, 0.3) is 0 Å². The van der Waals surface area contributed by atoms with Crippen LogP contribution in [0.2, 0.25) is 0 Å². The van der Waals surface area contributed by atoms with Gasteiger partial charge >= 0.3 is 11.9 Å². The van der Waals surface area contributed by atoms with Gasteiger partial charge in [-0.25, -0.2) is 0 Å². The largest absolute Gasteiger partial charge is 0.462 e. The smallest absolute Gasteiger partial charge is 0.305 e. The van der Waals surface area contributed by atoms with Gasteiger partial charge in [0.1, 0.15) is 35.3 Å². The predicted octanol–water partition coefficient (Wildman–Crippen LogP) is 6.04. The van der Waals surface area contributed by atoms with Crippen molar-refractivity contribution in [2.24, 2.45) is 29.6 Å². The molecule has 12 atom stereocenters.